The van der Waals surface area contributed by atoms with Crippen LogP contribution in [0.1, 0.15) is 169 Å². The van der Waals surface area contributed by atoms with Crippen molar-refractivity contribution in [1.29, 1.82) is 0 Å². The molecule has 4 aromatic rings. The number of aryl methyl sites for hydroxylation is 2. The molecule has 0 amide bonds. The molecule has 0 aliphatic heterocycles. The summed E-state index contributed by atoms with van der Waals surface area (Å²) in [6.45, 7) is 47.3. The molecule has 0 N–H and O–H groups in total. The maximum absolute atomic E-state index is 2.54. The fourth-order valence-corrected chi connectivity index (χ4v) is 13.0. The Morgan fingerprint density at radius 2 is 0.589 bits per heavy atom. The fourth-order valence-electron chi connectivity index (χ4n) is 6.53. The van der Waals surface area contributed by atoms with E-state index in [2.05, 4.69) is 211 Å². The monoisotopic (exact) mass is 822 g/mol. The van der Waals surface area contributed by atoms with Crippen LogP contribution in [0.2, 0.25) is 0 Å². The van der Waals surface area contributed by atoms with Crippen molar-refractivity contribution in [3.05, 3.63) is 117 Å². The molecule has 0 fully saturated rings. The zero-order chi connectivity index (χ0) is 42.4. The summed E-state index contributed by atoms with van der Waals surface area (Å²) in [6.07, 6.45) is 0. The largest absolute Gasteiger partial charge is 0.0835 e. The summed E-state index contributed by atoms with van der Waals surface area (Å²) in [4.78, 5) is 2.57. The zero-order valence-corrected chi connectivity index (χ0v) is 42.1. The maximum atomic E-state index is 2.54. The molecule has 4 aromatic carbocycles. The van der Waals surface area contributed by atoms with Gasteiger partial charge in [0.2, 0.25) is 0 Å². The molecule has 0 spiro atoms. The van der Waals surface area contributed by atoms with Crippen molar-refractivity contribution in [3.63, 3.8) is 0 Å². The van der Waals surface area contributed by atoms with Gasteiger partial charge < -0.3 is 0 Å². The fraction of sp³-hybridized carbons (Fsp3) is 0.500. The van der Waals surface area contributed by atoms with Crippen molar-refractivity contribution >= 4 is 59.8 Å². The van der Waals surface area contributed by atoms with E-state index in [0.717, 1.165) is 0 Å². The molecular formula is C52H72P2S2. The third-order valence-corrected chi connectivity index (χ3v) is 16.0. The van der Waals surface area contributed by atoms with E-state index >= 15 is 0 Å². The normalized spacial score (nSPS) is 14.1. The Balaban J connectivity index is 2.28. The first-order chi connectivity index (χ1) is 25.4. The van der Waals surface area contributed by atoms with E-state index in [1.807, 2.05) is 23.5 Å². The van der Waals surface area contributed by atoms with Gasteiger partial charge in [-0.25, -0.2) is 0 Å². The lowest BCUT2D eigenvalue weighted by Gasteiger charge is -2.33. The Labute approximate surface area is 355 Å². The third kappa shape index (κ3) is 12.0. The molecular weight excluding hydrogens is 751 g/mol. The van der Waals surface area contributed by atoms with Crippen LogP contribution in [0.15, 0.2) is 82.6 Å². The summed E-state index contributed by atoms with van der Waals surface area (Å²) < 4.78 is 2.81. The van der Waals surface area contributed by atoms with Gasteiger partial charge in [0.25, 0.3) is 0 Å². The molecule has 0 nitrogen and oxygen atoms in total. The van der Waals surface area contributed by atoms with Crippen LogP contribution in [0.4, 0.5) is 0 Å². The molecule has 0 bridgehead atoms. The SMILES string of the molecule is Cc1ccc(SC(=Pc2c(C(C)(C)C)cc(C(C)(C)C)cc2C(C)(C)C)C(=Pc2c(C(C)(C)C)cc(C(C)(C)C)cc2C(C)(C)C)Sc2ccc(C)cc2)cc1. The molecule has 56 heavy (non-hydrogen) atoms. The summed E-state index contributed by atoms with van der Waals surface area (Å²) in [6, 6.07) is 28.5. The zero-order valence-electron chi connectivity index (χ0n) is 38.6. The Hall–Kier alpha value is -2.08. The number of benzene rings is 4. The summed E-state index contributed by atoms with van der Waals surface area (Å²) in [5.74, 6) is 0. The lowest BCUT2D eigenvalue weighted by Crippen LogP contribution is -2.31. The molecule has 0 atom stereocenters. The van der Waals surface area contributed by atoms with Crippen LogP contribution in [0.5, 0.6) is 0 Å². The summed E-state index contributed by atoms with van der Waals surface area (Å²) in [7, 11) is 2.51. The summed E-state index contributed by atoms with van der Waals surface area (Å²) in [5.41, 5.74) is 11.2. The minimum Gasteiger partial charge on any atom is -0.0835 e. The molecule has 4 rings (SSSR count). The molecule has 0 saturated carbocycles. The van der Waals surface area contributed by atoms with Crippen molar-refractivity contribution in [2.75, 3.05) is 0 Å². The minimum atomic E-state index is -0.0349. The molecule has 0 heterocycles. The van der Waals surface area contributed by atoms with Gasteiger partial charge in [0.15, 0.2) is 0 Å². The van der Waals surface area contributed by atoms with Crippen LogP contribution in [-0.2, 0) is 32.5 Å². The Bertz CT molecular complexity index is 1850. The van der Waals surface area contributed by atoms with E-state index in [1.54, 1.807) is 0 Å². The van der Waals surface area contributed by atoms with Crippen LogP contribution < -0.4 is 10.6 Å². The van der Waals surface area contributed by atoms with Crippen LogP contribution in [0.25, 0.3) is 0 Å². The van der Waals surface area contributed by atoms with Crippen molar-refractivity contribution < 1.29 is 0 Å². The molecule has 0 aliphatic carbocycles. The average Bonchev–Trinajstić information content (AvgIpc) is 3.03. The Kier molecular flexibility index (Phi) is 14.1. The second-order valence-corrected chi connectivity index (χ2v) is 27.0. The first-order valence-electron chi connectivity index (χ1n) is 20.4. The first-order valence-corrected chi connectivity index (χ1v) is 23.8. The predicted molar refractivity (Wildman–Crippen MR) is 262 cm³/mol. The highest BCUT2D eigenvalue weighted by Gasteiger charge is 2.32. The van der Waals surface area contributed by atoms with E-state index in [-0.39, 0.29) is 32.5 Å². The van der Waals surface area contributed by atoms with Crippen LogP contribution in [-0.4, -0.2) is 9.25 Å². The van der Waals surface area contributed by atoms with E-state index in [9.17, 15) is 0 Å². The lowest BCUT2D eigenvalue weighted by molar-refractivity contribution is 0.553. The van der Waals surface area contributed by atoms with Gasteiger partial charge in [-0.2, -0.15) is 0 Å². The summed E-state index contributed by atoms with van der Waals surface area (Å²) >= 11 is 3.93. The summed E-state index contributed by atoms with van der Waals surface area (Å²) in [5, 5.41) is 2.92. The van der Waals surface area contributed by atoms with Crippen molar-refractivity contribution in [2.24, 2.45) is 0 Å². The number of rotatable bonds is 7. The van der Waals surface area contributed by atoms with E-state index in [4.69, 9.17) is 0 Å². The van der Waals surface area contributed by atoms with Gasteiger partial charge in [-0.3, -0.25) is 0 Å². The third-order valence-electron chi connectivity index (χ3n) is 10.3. The number of hydrogen-bond acceptors (Lipinski definition) is 2. The topological polar surface area (TPSA) is 0 Å². The highest BCUT2D eigenvalue weighted by Crippen LogP contribution is 2.42. The van der Waals surface area contributed by atoms with Crippen LogP contribution >= 0.6 is 39.9 Å². The van der Waals surface area contributed by atoms with Gasteiger partial charge >= 0.3 is 0 Å². The Morgan fingerprint density at radius 1 is 0.357 bits per heavy atom. The van der Waals surface area contributed by atoms with Gasteiger partial charge in [0.1, 0.15) is 0 Å². The van der Waals surface area contributed by atoms with Crippen LogP contribution in [0, 0.1) is 13.8 Å². The lowest BCUT2D eigenvalue weighted by atomic mass is 9.75. The van der Waals surface area contributed by atoms with E-state index < -0.39 is 0 Å². The van der Waals surface area contributed by atoms with E-state index in [0.29, 0.717) is 0 Å². The van der Waals surface area contributed by atoms with Gasteiger partial charge in [-0.15, -0.1) is 0 Å². The second kappa shape index (κ2) is 16.9. The van der Waals surface area contributed by atoms with Gasteiger partial charge in [-0.1, -0.05) is 224 Å². The molecule has 0 unspecified atom stereocenters. The molecule has 4 heteroatoms. The molecule has 0 aliphatic rings. The smallest absolute Gasteiger partial charge is 0.0586 e. The van der Waals surface area contributed by atoms with Crippen molar-refractivity contribution in [2.45, 2.75) is 181 Å². The Morgan fingerprint density at radius 3 is 0.786 bits per heavy atom. The quantitative estimate of drug-likeness (QED) is 0.135. The van der Waals surface area contributed by atoms with Crippen molar-refractivity contribution in [1.82, 2.24) is 0 Å². The minimum absolute atomic E-state index is 0.0349. The molecule has 0 aromatic heterocycles. The second-order valence-electron chi connectivity index (χ2n) is 22.0. The highest BCUT2D eigenvalue weighted by molar-refractivity contribution is 8.32. The van der Waals surface area contributed by atoms with Gasteiger partial charge in [0.05, 0.1) is 9.25 Å². The first kappa shape index (κ1) is 46.6. The molecule has 0 saturated heterocycles. The number of thioether (sulfide) groups is 2. The van der Waals surface area contributed by atoms with Crippen LogP contribution in [0.3, 0.4) is 0 Å². The number of hydrogen-bond donors (Lipinski definition) is 0. The molecule has 0 radical (unpaired) electrons. The average molecular weight is 823 g/mol. The predicted octanol–water partition coefficient (Wildman–Crippen LogP) is 15.8. The van der Waals surface area contributed by atoms with Gasteiger partial charge in [-0.05, 0) is 104 Å². The van der Waals surface area contributed by atoms with Gasteiger partial charge in [0, 0.05) is 20.4 Å². The standard InChI is InChI=1S/C52H72P2S2/c1-33-21-25-37(26-22-33)55-45(53-43-39(49(9,10)11)29-35(47(3,4)5)30-40(43)50(12,13)14)46(56-38-27-23-34(2)24-28-38)54-44-41(51(15,16)17)31-36(48(6,7)8)32-42(44)52(18,19)20/h21-32H,1-20H3. The maximum Gasteiger partial charge on any atom is 0.0586 e. The van der Waals surface area contributed by atoms with Crippen molar-refractivity contribution in [3.8, 4) is 0 Å². The molecule has 302 valence electrons. The highest BCUT2D eigenvalue weighted by atomic mass is 32.2. The van der Waals surface area contributed by atoms with E-state index in [1.165, 1.54) is 90.6 Å².